The summed E-state index contributed by atoms with van der Waals surface area (Å²) in [7, 11) is 0. The van der Waals surface area contributed by atoms with Crippen molar-refractivity contribution in [2.24, 2.45) is 0 Å². The Morgan fingerprint density at radius 3 is 2.87 bits per heavy atom. The molecule has 1 amide bonds. The lowest BCUT2D eigenvalue weighted by molar-refractivity contribution is 0.200. The van der Waals surface area contributed by atoms with Gasteiger partial charge in [0.1, 0.15) is 5.76 Å². The average molecular weight is 310 g/mol. The second kappa shape index (κ2) is 6.96. The highest BCUT2D eigenvalue weighted by Gasteiger charge is 2.13. The molecular weight excluding hydrogens is 292 g/mol. The molecule has 0 atom stereocenters. The number of nitrogens with zero attached hydrogens (tertiary/aromatic N) is 1. The molecule has 0 saturated heterocycles. The Labute approximate surface area is 134 Å². The van der Waals surface area contributed by atoms with E-state index in [2.05, 4.69) is 17.2 Å². The van der Waals surface area contributed by atoms with Gasteiger partial charge in [-0.05, 0) is 30.7 Å². The smallest absolute Gasteiger partial charge is 0.412 e. The summed E-state index contributed by atoms with van der Waals surface area (Å²) in [6.45, 7) is 2.67. The summed E-state index contributed by atoms with van der Waals surface area (Å²) in [6, 6.07) is 11.1. The number of rotatable bonds is 5. The first-order chi connectivity index (χ1) is 11.3. The van der Waals surface area contributed by atoms with Crippen LogP contribution in [-0.4, -0.2) is 17.6 Å². The predicted octanol–water partition coefficient (Wildman–Crippen LogP) is 4.38. The van der Waals surface area contributed by atoms with Crippen molar-refractivity contribution in [3.05, 3.63) is 48.8 Å². The summed E-state index contributed by atoms with van der Waals surface area (Å²) in [5.74, 6) is 1.13. The predicted molar refractivity (Wildman–Crippen MR) is 88.4 cm³/mol. The number of furan rings is 1. The van der Waals surface area contributed by atoms with E-state index in [1.807, 2.05) is 30.3 Å². The van der Waals surface area contributed by atoms with E-state index >= 15 is 0 Å². The standard InChI is InChI=1S/C18H18N2O3/c1-2-3-9-20-18(21)23-15-6-4-5-14-12-16(22-17(14)15)13-7-10-19-11-8-13/h4-8,10-12H,2-3,9H2,1H3,(H,20,21). The molecule has 0 spiro atoms. The van der Waals surface area contributed by atoms with Gasteiger partial charge in [0.05, 0.1) is 0 Å². The highest BCUT2D eigenvalue weighted by atomic mass is 16.6. The quantitative estimate of drug-likeness (QED) is 0.710. The van der Waals surface area contributed by atoms with Gasteiger partial charge in [0.2, 0.25) is 0 Å². The van der Waals surface area contributed by atoms with Crippen molar-refractivity contribution in [1.82, 2.24) is 10.3 Å². The molecule has 2 heterocycles. The number of nitrogens with one attached hydrogen (secondary N) is 1. The topological polar surface area (TPSA) is 64.4 Å². The van der Waals surface area contributed by atoms with Crippen LogP contribution in [0.25, 0.3) is 22.3 Å². The highest BCUT2D eigenvalue weighted by molar-refractivity contribution is 5.89. The summed E-state index contributed by atoms with van der Waals surface area (Å²) in [5, 5.41) is 3.61. The lowest BCUT2D eigenvalue weighted by atomic mass is 10.2. The van der Waals surface area contributed by atoms with E-state index in [9.17, 15) is 4.79 Å². The number of benzene rings is 1. The number of fused-ring (bicyclic) bond motifs is 1. The maximum absolute atomic E-state index is 11.8. The highest BCUT2D eigenvalue weighted by Crippen LogP contribution is 2.33. The van der Waals surface area contributed by atoms with E-state index in [4.69, 9.17) is 9.15 Å². The number of unbranched alkanes of at least 4 members (excludes halogenated alkanes) is 1. The third-order valence-corrected chi connectivity index (χ3v) is 3.48. The number of pyridine rings is 1. The second-order valence-corrected chi connectivity index (χ2v) is 5.19. The summed E-state index contributed by atoms with van der Waals surface area (Å²) in [4.78, 5) is 15.8. The second-order valence-electron chi connectivity index (χ2n) is 5.19. The van der Waals surface area contributed by atoms with Gasteiger partial charge in [-0.3, -0.25) is 4.98 Å². The molecule has 0 aliphatic heterocycles. The molecule has 0 saturated carbocycles. The molecule has 2 aromatic heterocycles. The first-order valence-electron chi connectivity index (χ1n) is 7.66. The van der Waals surface area contributed by atoms with Crippen molar-refractivity contribution < 1.29 is 13.9 Å². The van der Waals surface area contributed by atoms with E-state index in [0.717, 1.165) is 23.8 Å². The number of hydrogen-bond acceptors (Lipinski definition) is 4. The zero-order valence-corrected chi connectivity index (χ0v) is 12.9. The summed E-state index contributed by atoms with van der Waals surface area (Å²) >= 11 is 0. The number of amides is 1. The Morgan fingerprint density at radius 2 is 2.09 bits per heavy atom. The van der Waals surface area contributed by atoms with Crippen LogP contribution in [0.4, 0.5) is 4.79 Å². The third kappa shape index (κ3) is 3.51. The van der Waals surface area contributed by atoms with Gasteiger partial charge in [-0.1, -0.05) is 25.5 Å². The van der Waals surface area contributed by atoms with Crippen LogP contribution in [0.5, 0.6) is 5.75 Å². The first-order valence-corrected chi connectivity index (χ1v) is 7.66. The fourth-order valence-electron chi connectivity index (χ4n) is 2.28. The Bertz CT molecular complexity index is 796. The fourth-order valence-corrected chi connectivity index (χ4v) is 2.28. The van der Waals surface area contributed by atoms with Gasteiger partial charge < -0.3 is 14.5 Å². The Kier molecular flexibility index (Phi) is 4.57. The van der Waals surface area contributed by atoms with Crippen LogP contribution in [0.3, 0.4) is 0 Å². The zero-order chi connectivity index (χ0) is 16.1. The molecule has 23 heavy (non-hydrogen) atoms. The summed E-state index contributed by atoms with van der Waals surface area (Å²) < 4.78 is 11.2. The summed E-state index contributed by atoms with van der Waals surface area (Å²) in [5.41, 5.74) is 1.49. The number of carbonyl (C=O) groups is 1. The molecular formula is C18H18N2O3. The molecule has 118 valence electrons. The van der Waals surface area contributed by atoms with Gasteiger partial charge in [0, 0.05) is 29.9 Å². The largest absolute Gasteiger partial charge is 0.452 e. The van der Waals surface area contributed by atoms with Crippen molar-refractivity contribution in [3.63, 3.8) is 0 Å². The van der Waals surface area contributed by atoms with Crippen LogP contribution in [0.15, 0.2) is 53.2 Å². The van der Waals surface area contributed by atoms with E-state index in [1.165, 1.54) is 0 Å². The molecule has 0 aliphatic carbocycles. The number of aromatic nitrogens is 1. The number of carbonyl (C=O) groups excluding carboxylic acids is 1. The maximum atomic E-state index is 11.8. The monoisotopic (exact) mass is 310 g/mol. The van der Waals surface area contributed by atoms with Crippen LogP contribution >= 0.6 is 0 Å². The molecule has 0 radical (unpaired) electrons. The van der Waals surface area contributed by atoms with Crippen molar-refractivity contribution in [1.29, 1.82) is 0 Å². The molecule has 1 N–H and O–H groups in total. The SMILES string of the molecule is CCCCNC(=O)Oc1cccc2cc(-c3ccncc3)oc12. The minimum absolute atomic E-state index is 0.414. The van der Waals surface area contributed by atoms with Crippen LogP contribution in [-0.2, 0) is 0 Å². The molecule has 0 bridgehead atoms. The molecule has 0 aliphatic rings. The third-order valence-electron chi connectivity index (χ3n) is 3.48. The van der Waals surface area contributed by atoms with Crippen molar-refractivity contribution in [3.8, 4) is 17.1 Å². The molecule has 3 rings (SSSR count). The fraction of sp³-hybridized carbons (Fsp3) is 0.222. The number of hydrogen-bond donors (Lipinski definition) is 1. The first kappa shape index (κ1) is 15.1. The van der Waals surface area contributed by atoms with Crippen LogP contribution in [0, 0.1) is 0 Å². The minimum atomic E-state index is -0.465. The van der Waals surface area contributed by atoms with E-state index < -0.39 is 6.09 Å². The van der Waals surface area contributed by atoms with E-state index in [1.54, 1.807) is 18.5 Å². The molecule has 0 unspecified atom stereocenters. The van der Waals surface area contributed by atoms with Crippen LogP contribution < -0.4 is 10.1 Å². The van der Waals surface area contributed by atoms with Gasteiger partial charge in [0.15, 0.2) is 11.3 Å². The molecule has 5 heteroatoms. The van der Waals surface area contributed by atoms with Gasteiger partial charge >= 0.3 is 6.09 Å². The van der Waals surface area contributed by atoms with Crippen molar-refractivity contribution in [2.75, 3.05) is 6.54 Å². The Balaban J connectivity index is 1.84. The lowest BCUT2D eigenvalue weighted by Gasteiger charge is -2.06. The Hall–Kier alpha value is -2.82. The maximum Gasteiger partial charge on any atom is 0.412 e. The van der Waals surface area contributed by atoms with Gasteiger partial charge in [-0.2, -0.15) is 0 Å². The number of para-hydroxylation sites is 1. The van der Waals surface area contributed by atoms with Gasteiger partial charge in [-0.25, -0.2) is 4.79 Å². The average Bonchev–Trinajstić information content (AvgIpc) is 3.01. The number of ether oxygens (including phenoxy) is 1. The zero-order valence-electron chi connectivity index (χ0n) is 12.9. The van der Waals surface area contributed by atoms with Crippen LogP contribution in [0.1, 0.15) is 19.8 Å². The minimum Gasteiger partial charge on any atom is -0.452 e. The molecule has 5 nitrogen and oxygen atoms in total. The van der Waals surface area contributed by atoms with E-state index in [0.29, 0.717) is 23.6 Å². The Morgan fingerprint density at radius 1 is 1.26 bits per heavy atom. The van der Waals surface area contributed by atoms with Crippen molar-refractivity contribution in [2.45, 2.75) is 19.8 Å². The van der Waals surface area contributed by atoms with E-state index in [-0.39, 0.29) is 0 Å². The van der Waals surface area contributed by atoms with Crippen molar-refractivity contribution >= 4 is 17.1 Å². The van der Waals surface area contributed by atoms with Gasteiger partial charge in [-0.15, -0.1) is 0 Å². The van der Waals surface area contributed by atoms with Gasteiger partial charge in [0.25, 0.3) is 0 Å². The molecule has 3 aromatic rings. The van der Waals surface area contributed by atoms with Crippen LogP contribution in [0.2, 0.25) is 0 Å². The molecule has 1 aromatic carbocycles. The normalized spacial score (nSPS) is 10.7. The summed E-state index contributed by atoms with van der Waals surface area (Å²) in [6.07, 6.45) is 4.89. The molecule has 0 fully saturated rings. The lowest BCUT2D eigenvalue weighted by Crippen LogP contribution is -2.27.